The van der Waals surface area contributed by atoms with Crippen LogP contribution >= 0.6 is 0 Å². The monoisotopic (exact) mass is 449 g/mol. The highest BCUT2D eigenvalue weighted by Gasteiger charge is 2.46. The van der Waals surface area contributed by atoms with Crippen LogP contribution in [0.1, 0.15) is 70.4 Å². The average Bonchev–Trinajstić information content (AvgIpc) is 2.70. The summed E-state index contributed by atoms with van der Waals surface area (Å²) in [5.74, 6) is 1.09. The fourth-order valence-corrected chi connectivity index (χ4v) is 5.76. The van der Waals surface area contributed by atoms with Gasteiger partial charge in [-0.25, -0.2) is 0 Å². The van der Waals surface area contributed by atoms with Crippen molar-refractivity contribution in [3.8, 4) is 11.5 Å². The molecular weight excluding hydrogens is 414 g/mol. The Balaban J connectivity index is 1.97. The van der Waals surface area contributed by atoms with Crippen LogP contribution in [0.25, 0.3) is 0 Å². The maximum absolute atomic E-state index is 13.5. The van der Waals surface area contributed by atoms with Crippen molar-refractivity contribution in [3.05, 3.63) is 58.5 Å². The molecular formula is C28H35NO4. The molecule has 0 saturated carbocycles. The average molecular weight is 450 g/mol. The molecule has 0 atom stereocenters. The maximum Gasteiger partial charge on any atom is 0.164 e. The molecule has 0 saturated heterocycles. The lowest BCUT2D eigenvalue weighted by molar-refractivity contribution is -0.119. The van der Waals surface area contributed by atoms with Gasteiger partial charge in [0.05, 0.1) is 14.2 Å². The minimum Gasteiger partial charge on any atom is -0.493 e. The van der Waals surface area contributed by atoms with E-state index in [4.69, 9.17) is 9.47 Å². The molecule has 0 unspecified atom stereocenters. The second-order valence-corrected chi connectivity index (χ2v) is 11.1. The minimum absolute atomic E-state index is 0.114. The number of hydrogen-bond acceptors (Lipinski definition) is 5. The molecule has 0 spiro atoms. The zero-order valence-electron chi connectivity index (χ0n) is 20.7. The van der Waals surface area contributed by atoms with E-state index in [0.29, 0.717) is 30.8 Å². The van der Waals surface area contributed by atoms with Gasteiger partial charge in [0.25, 0.3) is 0 Å². The van der Waals surface area contributed by atoms with E-state index in [1.807, 2.05) is 18.2 Å². The summed E-state index contributed by atoms with van der Waals surface area (Å²) < 4.78 is 11.3. The Bertz CT molecular complexity index is 1050. The van der Waals surface area contributed by atoms with Gasteiger partial charge in [-0.2, -0.15) is 0 Å². The molecule has 1 N–H and O–H groups in total. The largest absolute Gasteiger partial charge is 0.493 e. The molecule has 1 aromatic carbocycles. The van der Waals surface area contributed by atoms with Crippen molar-refractivity contribution in [2.45, 2.75) is 65.7 Å². The van der Waals surface area contributed by atoms with E-state index >= 15 is 0 Å². The number of nitrogens with one attached hydrogen (secondary N) is 1. The lowest BCUT2D eigenvalue weighted by atomic mass is 9.64. The first-order valence-corrected chi connectivity index (χ1v) is 11.7. The number of rotatable bonds is 5. The van der Waals surface area contributed by atoms with Gasteiger partial charge in [-0.05, 0) is 41.7 Å². The molecule has 0 fully saturated rings. The molecule has 33 heavy (non-hydrogen) atoms. The number of hydrogen-bond donors (Lipinski definition) is 1. The number of allylic oxidation sites excluding steroid dienone is 5. The number of ketones is 2. The first kappa shape index (κ1) is 23.3. The standard InChI is InChI=1S/C28H35NO4/c1-8-9-16-10-17(11-22(32-6)26(16)33-7)23-24-18(12-27(2,3)14-20(24)30)29-19-13-28(4,5)15-21(31)25(19)23/h8,10-11,23,29H,1,9,12-15H2,2-7H3. The molecule has 0 amide bonds. The Kier molecular flexibility index (Phi) is 5.80. The summed E-state index contributed by atoms with van der Waals surface area (Å²) in [7, 11) is 3.23. The van der Waals surface area contributed by atoms with Crippen LogP contribution in [0.4, 0.5) is 0 Å². The number of dihydropyridines is 1. The second kappa shape index (κ2) is 8.19. The number of Topliss-reactive ketones (excluding diaryl/α,β-unsaturated/α-hetero) is 2. The number of ether oxygens (including phenoxy) is 2. The normalized spacial score (nSPS) is 21.9. The quantitative estimate of drug-likeness (QED) is 0.609. The highest BCUT2D eigenvalue weighted by molar-refractivity contribution is 6.06. The van der Waals surface area contributed by atoms with E-state index in [-0.39, 0.29) is 22.4 Å². The van der Waals surface area contributed by atoms with Gasteiger partial charge < -0.3 is 14.8 Å². The number of carbonyl (C=O) groups excluding carboxylic acids is 2. The Morgan fingerprint density at radius 3 is 1.94 bits per heavy atom. The molecule has 5 nitrogen and oxygen atoms in total. The van der Waals surface area contributed by atoms with Crippen molar-refractivity contribution < 1.29 is 19.1 Å². The lowest BCUT2D eigenvalue weighted by Gasteiger charge is -2.44. The van der Waals surface area contributed by atoms with Crippen LogP contribution < -0.4 is 14.8 Å². The van der Waals surface area contributed by atoms with Gasteiger partial charge in [0, 0.05) is 46.9 Å². The van der Waals surface area contributed by atoms with Crippen molar-refractivity contribution in [2.24, 2.45) is 10.8 Å². The predicted octanol–water partition coefficient (Wildman–Crippen LogP) is 5.41. The topological polar surface area (TPSA) is 64.6 Å². The summed E-state index contributed by atoms with van der Waals surface area (Å²) in [5, 5.41) is 3.57. The van der Waals surface area contributed by atoms with Gasteiger partial charge in [0.15, 0.2) is 23.1 Å². The molecule has 1 aromatic rings. The predicted molar refractivity (Wildman–Crippen MR) is 129 cm³/mol. The highest BCUT2D eigenvalue weighted by Crippen LogP contribution is 2.52. The van der Waals surface area contributed by atoms with Crippen LogP contribution in [0.3, 0.4) is 0 Å². The fraction of sp³-hybridized carbons (Fsp3) is 0.500. The summed E-state index contributed by atoms with van der Waals surface area (Å²) in [4.78, 5) is 27.0. The Morgan fingerprint density at radius 1 is 0.939 bits per heavy atom. The van der Waals surface area contributed by atoms with E-state index in [2.05, 4.69) is 39.6 Å². The second-order valence-electron chi connectivity index (χ2n) is 11.1. The van der Waals surface area contributed by atoms with E-state index in [1.165, 1.54) is 0 Å². The summed E-state index contributed by atoms with van der Waals surface area (Å²) in [5.41, 5.74) is 4.98. The molecule has 3 aliphatic rings. The molecule has 1 aliphatic heterocycles. The van der Waals surface area contributed by atoms with Gasteiger partial charge in [-0.3, -0.25) is 9.59 Å². The SMILES string of the molecule is C=CCc1cc(C2C3=C(CC(C)(C)CC3=O)NC3=C2C(=O)CC(C)(C)C3)cc(OC)c1OC. The van der Waals surface area contributed by atoms with E-state index in [1.54, 1.807) is 14.2 Å². The molecule has 0 aromatic heterocycles. The van der Waals surface area contributed by atoms with Gasteiger partial charge in [0.2, 0.25) is 0 Å². The van der Waals surface area contributed by atoms with Crippen molar-refractivity contribution >= 4 is 11.6 Å². The van der Waals surface area contributed by atoms with Gasteiger partial charge in [0.1, 0.15) is 0 Å². The Morgan fingerprint density at radius 2 is 1.48 bits per heavy atom. The highest BCUT2D eigenvalue weighted by atomic mass is 16.5. The third-order valence-corrected chi connectivity index (χ3v) is 6.99. The van der Waals surface area contributed by atoms with Crippen LogP contribution in [0.15, 0.2) is 47.3 Å². The van der Waals surface area contributed by atoms with Crippen LogP contribution in [-0.2, 0) is 16.0 Å². The third kappa shape index (κ3) is 4.14. The van der Waals surface area contributed by atoms with Gasteiger partial charge in [-0.1, -0.05) is 39.8 Å². The third-order valence-electron chi connectivity index (χ3n) is 6.99. The smallest absolute Gasteiger partial charge is 0.164 e. The molecule has 0 bridgehead atoms. The summed E-state index contributed by atoms with van der Waals surface area (Å²) in [6.45, 7) is 12.4. The van der Waals surface area contributed by atoms with Crippen molar-refractivity contribution in [3.63, 3.8) is 0 Å². The van der Waals surface area contributed by atoms with E-state index in [9.17, 15) is 9.59 Å². The van der Waals surface area contributed by atoms with E-state index in [0.717, 1.165) is 46.5 Å². The Labute approximate surface area is 196 Å². The maximum atomic E-state index is 13.5. The van der Waals surface area contributed by atoms with Crippen LogP contribution in [0.5, 0.6) is 11.5 Å². The molecule has 176 valence electrons. The lowest BCUT2D eigenvalue weighted by Crippen LogP contribution is -2.42. The Hall–Kier alpha value is -2.82. The van der Waals surface area contributed by atoms with Crippen molar-refractivity contribution in [2.75, 3.05) is 14.2 Å². The van der Waals surface area contributed by atoms with Gasteiger partial charge >= 0.3 is 0 Å². The zero-order chi connectivity index (χ0) is 24.1. The molecule has 5 heteroatoms. The van der Waals surface area contributed by atoms with E-state index < -0.39 is 5.92 Å². The summed E-state index contributed by atoms with van der Waals surface area (Å²) in [6.07, 6.45) is 4.92. The first-order valence-electron chi connectivity index (χ1n) is 11.7. The summed E-state index contributed by atoms with van der Waals surface area (Å²) in [6, 6.07) is 3.98. The van der Waals surface area contributed by atoms with Crippen LogP contribution in [-0.4, -0.2) is 25.8 Å². The fourth-order valence-electron chi connectivity index (χ4n) is 5.76. The van der Waals surface area contributed by atoms with Crippen molar-refractivity contribution in [1.29, 1.82) is 0 Å². The zero-order valence-corrected chi connectivity index (χ0v) is 20.7. The number of carbonyl (C=O) groups is 2. The number of methoxy groups -OCH3 is 2. The van der Waals surface area contributed by atoms with Crippen molar-refractivity contribution in [1.82, 2.24) is 5.32 Å². The molecule has 1 heterocycles. The minimum atomic E-state index is -0.396. The van der Waals surface area contributed by atoms with Gasteiger partial charge in [-0.15, -0.1) is 6.58 Å². The first-order chi connectivity index (χ1) is 15.5. The van der Waals surface area contributed by atoms with Crippen LogP contribution in [0.2, 0.25) is 0 Å². The molecule has 2 aliphatic carbocycles. The summed E-state index contributed by atoms with van der Waals surface area (Å²) >= 11 is 0. The molecule has 0 radical (unpaired) electrons. The molecule has 4 rings (SSSR count). The van der Waals surface area contributed by atoms with Crippen LogP contribution in [0, 0.1) is 10.8 Å². The number of benzene rings is 1.